The summed E-state index contributed by atoms with van der Waals surface area (Å²) in [5.74, 6) is 0. The van der Waals surface area contributed by atoms with Gasteiger partial charge >= 0.3 is 0 Å². The standard InChI is InChI=1S/C17H27N3S/c1-5-20(13(2)11-19(3)4)12-15-14-8-6-7-9-16(14)21-17(15)10-18/h6-9,13H,5,10-12,18H2,1-4H3. The van der Waals surface area contributed by atoms with Gasteiger partial charge in [0, 0.05) is 35.3 Å². The van der Waals surface area contributed by atoms with Gasteiger partial charge in [-0.05, 0) is 44.6 Å². The molecule has 1 heterocycles. The molecule has 1 aromatic carbocycles. The van der Waals surface area contributed by atoms with Crippen molar-refractivity contribution in [1.29, 1.82) is 0 Å². The number of rotatable bonds is 7. The molecule has 2 rings (SSSR count). The first-order valence-corrected chi connectivity index (χ1v) is 8.46. The van der Waals surface area contributed by atoms with Crippen LogP contribution in [0.1, 0.15) is 24.3 Å². The van der Waals surface area contributed by atoms with E-state index in [1.165, 1.54) is 20.5 Å². The van der Waals surface area contributed by atoms with Crippen LogP contribution in [0, 0.1) is 0 Å². The molecule has 0 aliphatic rings. The highest BCUT2D eigenvalue weighted by molar-refractivity contribution is 7.19. The molecule has 4 heteroatoms. The van der Waals surface area contributed by atoms with Crippen molar-refractivity contribution in [3.05, 3.63) is 34.7 Å². The molecule has 1 atom stereocenters. The normalized spacial score (nSPS) is 13.5. The lowest BCUT2D eigenvalue weighted by molar-refractivity contribution is 0.174. The highest BCUT2D eigenvalue weighted by Gasteiger charge is 2.18. The van der Waals surface area contributed by atoms with E-state index in [1.54, 1.807) is 0 Å². The van der Waals surface area contributed by atoms with Crippen molar-refractivity contribution >= 4 is 21.4 Å². The van der Waals surface area contributed by atoms with Crippen molar-refractivity contribution in [2.45, 2.75) is 33.0 Å². The molecule has 0 saturated carbocycles. The number of nitrogens with two attached hydrogens (primary N) is 1. The third kappa shape index (κ3) is 3.83. The van der Waals surface area contributed by atoms with Crippen LogP contribution in [0.25, 0.3) is 10.1 Å². The first-order chi connectivity index (χ1) is 10.1. The van der Waals surface area contributed by atoms with Gasteiger partial charge in [-0.3, -0.25) is 4.90 Å². The molecule has 2 aromatic rings. The van der Waals surface area contributed by atoms with E-state index < -0.39 is 0 Å². The zero-order chi connectivity index (χ0) is 15.4. The molecule has 0 spiro atoms. The van der Waals surface area contributed by atoms with Gasteiger partial charge in [-0.15, -0.1) is 11.3 Å². The summed E-state index contributed by atoms with van der Waals surface area (Å²) in [4.78, 5) is 6.11. The Balaban J connectivity index is 2.28. The molecule has 0 aliphatic heterocycles. The monoisotopic (exact) mass is 305 g/mol. The zero-order valence-corrected chi connectivity index (χ0v) is 14.4. The number of hydrogen-bond donors (Lipinski definition) is 1. The van der Waals surface area contributed by atoms with Crippen LogP contribution in [0.4, 0.5) is 0 Å². The number of benzene rings is 1. The Bertz CT molecular complexity index is 576. The van der Waals surface area contributed by atoms with Gasteiger partial charge in [0.25, 0.3) is 0 Å². The van der Waals surface area contributed by atoms with Gasteiger partial charge < -0.3 is 10.6 Å². The van der Waals surface area contributed by atoms with Crippen LogP contribution < -0.4 is 5.73 Å². The van der Waals surface area contributed by atoms with Gasteiger partial charge in [-0.25, -0.2) is 0 Å². The summed E-state index contributed by atoms with van der Waals surface area (Å²) in [5.41, 5.74) is 7.39. The molecule has 1 unspecified atom stereocenters. The summed E-state index contributed by atoms with van der Waals surface area (Å²) in [6.45, 7) is 8.30. The molecule has 0 saturated heterocycles. The number of hydrogen-bond acceptors (Lipinski definition) is 4. The van der Waals surface area contributed by atoms with E-state index in [1.807, 2.05) is 11.3 Å². The predicted octanol–water partition coefficient (Wildman–Crippen LogP) is 3.13. The smallest absolute Gasteiger partial charge is 0.0349 e. The lowest BCUT2D eigenvalue weighted by Crippen LogP contribution is -2.39. The Morgan fingerprint density at radius 1 is 1.24 bits per heavy atom. The maximum absolute atomic E-state index is 5.97. The van der Waals surface area contributed by atoms with Crippen LogP contribution in [-0.4, -0.2) is 43.0 Å². The number of nitrogens with zero attached hydrogens (tertiary/aromatic N) is 2. The maximum atomic E-state index is 5.97. The second kappa shape index (κ2) is 7.36. The third-order valence-corrected chi connectivity index (χ3v) is 5.22. The average Bonchev–Trinajstić information content (AvgIpc) is 2.81. The van der Waals surface area contributed by atoms with Crippen LogP contribution >= 0.6 is 11.3 Å². The summed E-state index contributed by atoms with van der Waals surface area (Å²) in [5, 5.41) is 1.37. The summed E-state index contributed by atoms with van der Waals surface area (Å²) < 4.78 is 1.35. The highest BCUT2D eigenvalue weighted by atomic mass is 32.1. The van der Waals surface area contributed by atoms with Gasteiger partial charge in [0.15, 0.2) is 0 Å². The molecule has 21 heavy (non-hydrogen) atoms. The molecule has 116 valence electrons. The second-order valence-corrected chi connectivity index (χ2v) is 7.02. The third-order valence-electron chi connectivity index (χ3n) is 3.99. The van der Waals surface area contributed by atoms with Gasteiger partial charge in [0.05, 0.1) is 0 Å². The highest BCUT2D eigenvalue weighted by Crippen LogP contribution is 2.32. The van der Waals surface area contributed by atoms with Gasteiger partial charge in [0.2, 0.25) is 0 Å². The lowest BCUT2D eigenvalue weighted by atomic mass is 10.1. The quantitative estimate of drug-likeness (QED) is 0.853. The molecule has 0 aliphatic carbocycles. The van der Waals surface area contributed by atoms with E-state index in [-0.39, 0.29) is 0 Å². The SMILES string of the molecule is CCN(Cc1c(CN)sc2ccccc12)C(C)CN(C)C. The lowest BCUT2D eigenvalue weighted by Gasteiger charge is -2.30. The van der Waals surface area contributed by atoms with E-state index in [2.05, 4.69) is 62.0 Å². The van der Waals surface area contributed by atoms with Crippen molar-refractivity contribution in [2.24, 2.45) is 5.73 Å². The summed E-state index contributed by atoms with van der Waals surface area (Å²) >= 11 is 1.84. The Hall–Kier alpha value is -0.940. The van der Waals surface area contributed by atoms with Gasteiger partial charge in [-0.2, -0.15) is 0 Å². The first-order valence-electron chi connectivity index (χ1n) is 7.64. The molecule has 1 aromatic heterocycles. The molecule has 0 amide bonds. The average molecular weight is 305 g/mol. The minimum atomic E-state index is 0.536. The molecule has 2 N–H and O–H groups in total. The van der Waals surface area contributed by atoms with E-state index >= 15 is 0 Å². The van der Waals surface area contributed by atoms with Crippen molar-refractivity contribution in [2.75, 3.05) is 27.2 Å². The molecule has 0 bridgehead atoms. The summed E-state index contributed by atoms with van der Waals surface area (Å²) in [7, 11) is 4.27. The summed E-state index contributed by atoms with van der Waals surface area (Å²) in [6, 6.07) is 9.19. The number of likely N-dealkylation sites (N-methyl/N-ethyl adjacent to an activating group) is 2. The van der Waals surface area contributed by atoms with Gasteiger partial charge in [-0.1, -0.05) is 25.1 Å². The maximum Gasteiger partial charge on any atom is 0.0349 e. The Kier molecular flexibility index (Phi) is 5.76. The fraction of sp³-hybridized carbons (Fsp3) is 0.529. The Morgan fingerprint density at radius 3 is 2.57 bits per heavy atom. The van der Waals surface area contributed by atoms with E-state index in [0.29, 0.717) is 12.6 Å². The first kappa shape index (κ1) is 16.4. The van der Waals surface area contributed by atoms with Crippen LogP contribution in [-0.2, 0) is 13.1 Å². The van der Waals surface area contributed by atoms with Crippen LogP contribution in [0.5, 0.6) is 0 Å². The van der Waals surface area contributed by atoms with Crippen molar-refractivity contribution < 1.29 is 0 Å². The number of fused-ring (bicyclic) bond motifs is 1. The topological polar surface area (TPSA) is 32.5 Å². The van der Waals surface area contributed by atoms with Crippen molar-refractivity contribution in [3.8, 4) is 0 Å². The fourth-order valence-corrected chi connectivity index (χ4v) is 4.01. The second-order valence-electron chi connectivity index (χ2n) is 5.88. The van der Waals surface area contributed by atoms with E-state index in [0.717, 1.165) is 19.6 Å². The molecular formula is C17H27N3S. The van der Waals surface area contributed by atoms with Crippen molar-refractivity contribution in [3.63, 3.8) is 0 Å². The molecule has 0 fully saturated rings. The summed E-state index contributed by atoms with van der Waals surface area (Å²) in [6.07, 6.45) is 0. The van der Waals surface area contributed by atoms with Crippen LogP contribution in [0.15, 0.2) is 24.3 Å². The molecular weight excluding hydrogens is 278 g/mol. The minimum absolute atomic E-state index is 0.536. The van der Waals surface area contributed by atoms with Crippen LogP contribution in [0.2, 0.25) is 0 Å². The predicted molar refractivity (Wildman–Crippen MR) is 93.8 cm³/mol. The fourth-order valence-electron chi connectivity index (χ4n) is 2.91. The Labute approximate surface area is 132 Å². The molecule has 3 nitrogen and oxygen atoms in total. The van der Waals surface area contributed by atoms with Crippen LogP contribution in [0.3, 0.4) is 0 Å². The van der Waals surface area contributed by atoms with Gasteiger partial charge in [0.1, 0.15) is 0 Å². The van der Waals surface area contributed by atoms with E-state index in [9.17, 15) is 0 Å². The minimum Gasteiger partial charge on any atom is -0.326 e. The van der Waals surface area contributed by atoms with Crippen molar-refractivity contribution in [1.82, 2.24) is 9.80 Å². The molecule has 0 radical (unpaired) electrons. The zero-order valence-electron chi connectivity index (χ0n) is 13.6. The largest absolute Gasteiger partial charge is 0.326 e. The number of thiophene rings is 1. The van der Waals surface area contributed by atoms with E-state index in [4.69, 9.17) is 5.73 Å². The Morgan fingerprint density at radius 2 is 1.95 bits per heavy atom.